The van der Waals surface area contributed by atoms with Gasteiger partial charge in [0.1, 0.15) is 5.60 Å². The van der Waals surface area contributed by atoms with Gasteiger partial charge in [0, 0.05) is 17.8 Å². The maximum absolute atomic E-state index is 13.0. The topological polar surface area (TPSA) is 114 Å². The van der Waals surface area contributed by atoms with Gasteiger partial charge < -0.3 is 14.9 Å². The number of benzene rings is 2. The lowest BCUT2D eigenvalue weighted by Crippen LogP contribution is -2.41. The Hall–Kier alpha value is -3.37. The summed E-state index contributed by atoms with van der Waals surface area (Å²) in [4.78, 5) is 24.7. The van der Waals surface area contributed by atoms with Crippen LogP contribution in [0.2, 0.25) is 0 Å². The third-order valence-electron chi connectivity index (χ3n) is 6.02. The maximum atomic E-state index is 13.0. The molecule has 0 radical (unpaired) electrons. The highest BCUT2D eigenvalue weighted by molar-refractivity contribution is 7.90. The summed E-state index contributed by atoms with van der Waals surface area (Å²) in [6.45, 7) is 9.82. The molecule has 10 heteroatoms. The molecule has 9 nitrogen and oxygen atoms in total. The van der Waals surface area contributed by atoms with E-state index in [2.05, 4.69) is 17.4 Å². The van der Waals surface area contributed by atoms with Crippen LogP contribution in [-0.2, 0) is 30.7 Å². The first-order chi connectivity index (χ1) is 17.9. The highest BCUT2D eigenvalue weighted by atomic mass is 32.2. The van der Waals surface area contributed by atoms with Crippen LogP contribution in [0.1, 0.15) is 53.0 Å². The second-order valence-electron chi connectivity index (χ2n) is 10.1. The zero-order chi connectivity index (χ0) is 28.1. The van der Waals surface area contributed by atoms with Crippen LogP contribution in [0.25, 0.3) is 11.1 Å². The molecule has 0 aliphatic carbocycles. The lowest BCUT2D eigenvalue weighted by atomic mass is 9.96. The molecule has 2 aromatic rings. The van der Waals surface area contributed by atoms with Crippen LogP contribution in [0.5, 0.6) is 0 Å². The number of hydrogen-bond donors (Lipinski definition) is 2. The number of sulfonamides is 1. The molecular weight excluding hydrogens is 506 g/mol. The van der Waals surface area contributed by atoms with E-state index in [9.17, 15) is 18.0 Å². The molecule has 0 saturated heterocycles. The van der Waals surface area contributed by atoms with E-state index in [1.165, 1.54) is 13.2 Å². The third kappa shape index (κ3) is 6.93. The standard InChI is InChI=1S/C28H37N3O6S/c1-7-17-31-23(25(26(32)36-6)22(8-2)29-31)18-19-13-15-20(16-14-19)21-11-9-10-12-24(21)38(34,35)30-27(33)37-28(3,4)5/h9-16,23,29H,7-8,17-18H2,1-6H3,(H,30,33). The largest absolute Gasteiger partial charge is 0.466 e. The third-order valence-corrected chi connectivity index (χ3v) is 7.39. The van der Waals surface area contributed by atoms with Crippen LogP contribution in [0, 0.1) is 0 Å². The molecule has 0 fully saturated rings. The van der Waals surface area contributed by atoms with Crippen LogP contribution in [0.15, 0.2) is 64.7 Å². The van der Waals surface area contributed by atoms with E-state index in [4.69, 9.17) is 9.47 Å². The summed E-state index contributed by atoms with van der Waals surface area (Å²) in [6, 6.07) is 13.8. The van der Waals surface area contributed by atoms with Crippen molar-refractivity contribution in [2.24, 2.45) is 0 Å². The van der Waals surface area contributed by atoms with Crippen LogP contribution in [-0.4, -0.2) is 50.8 Å². The van der Waals surface area contributed by atoms with Gasteiger partial charge in [-0.05, 0) is 57.2 Å². The van der Waals surface area contributed by atoms with Gasteiger partial charge in [-0.2, -0.15) is 0 Å². The summed E-state index contributed by atoms with van der Waals surface area (Å²) in [5, 5.41) is 2.07. The molecule has 2 N–H and O–H groups in total. The van der Waals surface area contributed by atoms with E-state index < -0.39 is 21.7 Å². The number of allylic oxidation sites excluding steroid dienone is 1. The van der Waals surface area contributed by atoms with Gasteiger partial charge in [-0.25, -0.2) is 27.7 Å². The van der Waals surface area contributed by atoms with E-state index in [-0.39, 0.29) is 16.9 Å². The maximum Gasteiger partial charge on any atom is 0.421 e. The minimum Gasteiger partial charge on any atom is -0.466 e. The number of ether oxygens (including phenoxy) is 2. The highest BCUT2D eigenvalue weighted by Crippen LogP contribution is 2.30. The summed E-state index contributed by atoms with van der Waals surface area (Å²) >= 11 is 0. The minimum absolute atomic E-state index is 0.0313. The number of rotatable bonds is 9. The van der Waals surface area contributed by atoms with Gasteiger partial charge in [-0.3, -0.25) is 0 Å². The van der Waals surface area contributed by atoms with E-state index in [0.717, 1.165) is 24.2 Å². The number of amides is 1. The molecule has 1 atom stereocenters. The van der Waals surface area contributed by atoms with Crippen molar-refractivity contribution in [1.82, 2.24) is 15.2 Å². The van der Waals surface area contributed by atoms with Crippen molar-refractivity contribution in [2.45, 2.75) is 70.4 Å². The first kappa shape index (κ1) is 29.2. The van der Waals surface area contributed by atoms with Gasteiger partial charge >= 0.3 is 12.1 Å². The van der Waals surface area contributed by atoms with E-state index in [1.807, 2.05) is 35.9 Å². The Labute approximate surface area is 225 Å². The van der Waals surface area contributed by atoms with Crippen molar-refractivity contribution in [3.05, 3.63) is 65.4 Å². The summed E-state index contributed by atoms with van der Waals surface area (Å²) in [5.74, 6) is -0.341. The van der Waals surface area contributed by atoms with Crippen molar-refractivity contribution in [2.75, 3.05) is 13.7 Å². The Morgan fingerprint density at radius 2 is 1.71 bits per heavy atom. The summed E-state index contributed by atoms with van der Waals surface area (Å²) in [7, 11) is -2.79. The molecule has 1 heterocycles. The summed E-state index contributed by atoms with van der Waals surface area (Å²) < 4.78 is 38.3. The molecule has 1 aliphatic heterocycles. The predicted molar refractivity (Wildman–Crippen MR) is 145 cm³/mol. The number of methoxy groups -OCH3 is 1. The fraction of sp³-hybridized carbons (Fsp3) is 0.429. The molecule has 0 bridgehead atoms. The smallest absolute Gasteiger partial charge is 0.421 e. The molecule has 0 spiro atoms. The molecule has 0 aromatic heterocycles. The first-order valence-corrected chi connectivity index (χ1v) is 14.2. The van der Waals surface area contributed by atoms with E-state index in [1.54, 1.807) is 39.0 Å². The Morgan fingerprint density at radius 1 is 1.05 bits per heavy atom. The van der Waals surface area contributed by atoms with E-state index in [0.29, 0.717) is 29.5 Å². The van der Waals surface area contributed by atoms with Gasteiger partial charge in [0.05, 0.1) is 23.6 Å². The van der Waals surface area contributed by atoms with Gasteiger partial charge in [0.2, 0.25) is 0 Å². The number of nitrogens with zero attached hydrogens (tertiary/aromatic N) is 1. The first-order valence-electron chi connectivity index (χ1n) is 12.7. The highest BCUT2D eigenvalue weighted by Gasteiger charge is 2.36. The monoisotopic (exact) mass is 543 g/mol. The van der Waals surface area contributed by atoms with Crippen molar-refractivity contribution < 1.29 is 27.5 Å². The normalized spacial score (nSPS) is 16.2. The number of carbonyl (C=O) groups is 2. The number of hydrogen-bond acceptors (Lipinski definition) is 8. The van der Waals surface area contributed by atoms with Gasteiger partial charge in [-0.15, -0.1) is 0 Å². The molecule has 3 rings (SSSR count). The summed E-state index contributed by atoms with van der Waals surface area (Å²) in [5.41, 5.74) is 6.14. The Bertz CT molecular complexity index is 1300. The van der Waals surface area contributed by atoms with Crippen molar-refractivity contribution >= 4 is 22.1 Å². The second-order valence-corrected chi connectivity index (χ2v) is 11.7. The predicted octanol–water partition coefficient (Wildman–Crippen LogP) is 4.55. The number of esters is 1. The fourth-order valence-corrected chi connectivity index (χ4v) is 5.52. The molecular formula is C28H37N3O6S. The molecule has 0 saturated carbocycles. The fourth-order valence-electron chi connectivity index (χ4n) is 4.42. The lowest BCUT2D eigenvalue weighted by molar-refractivity contribution is -0.136. The average Bonchev–Trinajstić information content (AvgIpc) is 3.19. The van der Waals surface area contributed by atoms with Gasteiger partial charge in [-0.1, -0.05) is 56.3 Å². The molecule has 1 amide bonds. The van der Waals surface area contributed by atoms with Crippen LogP contribution < -0.4 is 10.1 Å². The van der Waals surface area contributed by atoms with Crippen molar-refractivity contribution in [3.8, 4) is 11.1 Å². The van der Waals surface area contributed by atoms with Gasteiger partial charge in [0.15, 0.2) is 0 Å². The number of hydrazine groups is 1. The van der Waals surface area contributed by atoms with E-state index >= 15 is 0 Å². The Kier molecular flexibility index (Phi) is 9.22. The van der Waals surface area contributed by atoms with Gasteiger partial charge in [0.25, 0.3) is 10.0 Å². The zero-order valence-electron chi connectivity index (χ0n) is 22.8. The minimum atomic E-state index is -4.18. The molecule has 1 unspecified atom stereocenters. The van der Waals surface area contributed by atoms with Crippen LogP contribution in [0.4, 0.5) is 4.79 Å². The second kappa shape index (κ2) is 12.0. The van der Waals surface area contributed by atoms with Crippen LogP contribution in [0.3, 0.4) is 0 Å². The molecule has 38 heavy (non-hydrogen) atoms. The Morgan fingerprint density at radius 3 is 2.29 bits per heavy atom. The Balaban J connectivity index is 1.88. The number of nitrogens with one attached hydrogen (secondary N) is 2. The summed E-state index contributed by atoms with van der Waals surface area (Å²) in [6.07, 6.45) is 1.13. The average molecular weight is 544 g/mol. The lowest BCUT2D eigenvalue weighted by Gasteiger charge is -2.26. The molecule has 206 valence electrons. The molecule has 2 aromatic carbocycles. The SMILES string of the molecule is CCCN1NC(CC)=C(C(=O)OC)C1Cc1ccc(-c2ccccc2S(=O)(=O)NC(=O)OC(C)(C)C)cc1. The quantitative estimate of drug-likeness (QED) is 0.443. The number of carbonyl (C=O) groups excluding carboxylic acids is 2. The zero-order valence-corrected chi connectivity index (χ0v) is 23.6. The molecule has 1 aliphatic rings. The van der Waals surface area contributed by atoms with Crippen molar-refractivity contribution in [3.63, 3.8) is 0 Å². The van der Waals surface area contributed by atoms with Crippen molar-refractivity contribution in [1.29, 1.82) is 0 Å². The van der Waals surface area contributed by atoms with Crippen LogP contribution >= 0.6 is 0 Å².